The SMILES string of the molecule is CCC(O)(CC)CNC(=O)Nc1ccc2c(c1)CCC2. The summed E-state index contributed by atoms with van der Waals surface area (Å²) in [5.74, 6) is 0. The van der Waals surface area contributed by atoms with E-state index in [0.29, 0.717) is 12.8 Å². The molecule has 4 nitrogen and oxygen atoms in total. The van der Waals surface area contributed by atoms with Gasteiger partial charge in [-0.3, -0.25) is 0 Å². The van der Waals surface area contributed by atoms with Gasteiger partial charge in [-0.25, -0.2) is 4.79 Å². The fourth-order valence-electron chi connectivity index (χ4n) is 2.57. The highest BCUT2D eigenvalue weighted by Crippen LogP contribution is 2.24. The number of anilines is 1. The molecule has 2 rings (SSSR count). The maximum absolute atomic E-state index is 11.9. The smallest absolute Gasteiger partial charge is 0.319 e. The predicted octanol–water partition coefficient (Wildman–Crippen LogP) is 2.85. The molecule has 0 aromatic heterocycles. The van der Waals surface area contributed by atoms with Gasteiger partial charge in [0.15, 0.2) is 0 Å². The van der Waals surface area contributed by atoms with Gasteiger partial charge in [0.2, 0.25) is 0 Å². The third-order valence-corrected chi connectivity index (χ3v) is 4.25. The summed E-state index contributed by atoms with van der Waals surface area (Å²) in [6.45, 7) is 4.12. The van der Waals surface area contributed by atoms with Gasteiger partial charge >= 0.3 is 6.03 Å². The molecule has 2 amide bonds. The minimum atomic E-state index is -0.810. The molecule has 0 spiro atoms. The molecule has 4 heteroatoms. The molecule has 1 aromatic rings. The lowest BCUT2D eigenvalue weighted by Crippen LogP contribution is -2.43. The third kappa shape index (κ3) is 3.51. The minimum Gasteiger partial charge on any atom is -0.388 e. The zero-order valence-corrected chi connectivity index (χ0v) is 12.3. The van der Waals surface area contributed by atoms with E-state index in [9.17, 15) is 9.90 Å². The summed E-state index contributed by atoms with van der Waals surface area (Å²) in [7, 11) is 0. The van der Waals surface area contributed by atoms with Crippen LogP contribution in [0.1, 0.15) is 44.2 Å². The van der Waals surface area contributed by atoms with Gasteiger partial charge in [0.05, 0.1) is 5.60 Å². The van der Waals surface area contributed by atoms with Crippen molar-refractivity contribution in [1.82, 2.24) is 5.32 Å². The number of carbonyl (C=O) groups is 1. The minimum absolute atomic E-state index is 0.261. The molecular formula is C16H24N2O2. The van der Waals surface area contributed by atoms with Crippen molar-refractivity contribution in [2.75, 3.05) is 11.9 Å². The Bertz CT molecular complexity index is 481. The molecule has 0 bridgehead atoms. The molecule has 0 atom stereocenters. The van der Waals surface area contributed by atoms with Crippen LogP contribution in [0.15, 0.2) is 18.2 Å². The van der Waals surface area contributed by atoms with Crippen molar-refractivity contribution in [3.8, 4) is 0 Å². The number of aliphatic hydroxyl groups is 1. The van der Waals surface area contributed by atoms with Crippen molar-refractivity contribution in [1.29, 1.82) is 0 Å². The van der Waals surface area contributed by atoms with Gasteiger partial charge in [0.1, 0.15) is 0 Å². The van der Waals surface area contributed by atoms with Crippen molar-refractivity contribution in [3.63, 3.8) is 0 Å². The highest BCUT2D eigenvalue weighted by Gasteiger charge is 2.22. The van der Waals surface area contributed by atoms with Crippen LogP contribution in [0.5, 0.6) is 0 Å². The van der Waals surface area contributed by atoms with Gasteiger partial charge in [-0.2, -0.15) is 0 Å². The Kier molecular flexibility index (Phi) is 4.65. The van der Waals surface area contributed by atoms with E-state index < -0.39 is 5.60 Å². The van der Waals surface area contributed by atoms with Gasteiger partial charge in [-0.15, -0.1) is 0 Å². The lowest BCUT2D eigenvalue weighted by atomic mass is 9.98. The van der Waals surface area contributed by atoms with Crippen LogP contribution < -0.4 is 10.6 Å². The maximum atomic E-state index is 11.9. The predicted molar refractivity (Wildman–Crippen MR) is 81.0 cm³/mol. The highest BCUT2D eigenvalue weighted by atomic mass is 16.3. The zero-order valence-electron chi connectivity index (χ0n) is 12.3. The third-order valence-electron chi connectivity index (χ3n) is 4.25. The molecule has 0 heterocycles. The lowest BCUT2D eigenvalue weighted by molar-refractivity contribution is 0.0354. The van der Waals surface area contributed by atoms with Crippen LogP contribution >= 0.6 is 0 Å². The first-order valence-corrected chi connectivity index (χ1v) is 7.45. The number of hydrogen-bond donors (Lipinski definition) is 3. The molecule has 0 aliphatic heterocycles. The number of urea groups is 1. The first-order chi connectivity index (χ1) is 9.56. The number of carbonyl (C=O) groups excluding carboxylic acids is 1. The summed E-state index contributed by atoms with van der Waals surface area (Å²) in [4.78, 5) is 11.9. The summed E-state index contributed by atoms with van der Waals surface area (Å²) >= 11 is 0. The molecule has 1 aromatic carbocycles. The topological polar surface area (TPSA) is 61.4 Å². The van der Waals surface area contributed by atoms with E-state index in [4.69, 9.17) is 0 Å². The Morgan fingerprint density at radius 1 is 1.25 bits per heavy atom. The quantitative estimate of drug-likeness (QED) is 0.774. The second-order valence-electron chi connectivity index (χ2n) is 5.58. The molecule has 110 valence electrons. The molecule has 0 radical (unpaired) electrons. The van der Waals surface area contributed by atoms with Crippen LogP contribution in [0.4, 0.5) is 10.5 Å². The van der Waals surface area contributed by atoms with Gasteiger partial charge in [-0.1, -0.05) is 19.9 Å². The number of nitrogens with one attached hydrogen (secondary N) is 2. The summed E-state index contributed by atoms with van der Waals surface area (Å²) < 4.78 is 0. The summed E-state index contributed by atoms with van der Waals surface area (Å²) in [5.41, 5.74) is 2.73. The zero-order chi connectivity index (χ0) is 14.6. The van der Waals surface area contributed by atoms with Crippen LogP contribution in [-0.2, 0) is 12.8 Å². The largest absolute Gasteiger partial charge is 0.388 e. The fraction of sp³-hybridized carbons (Fsp3) is 0.562. The van der Waals surface area contributed by atoms with E-state index in [1.54, 1.807) is 0 Å². The summed E-state index contributed by atoms with van der Waals surface area (Å²) in [6.07, 6.45) is 4.69. The van der Waals surface area contributed by atoms with Crippen molar-refractivity contribution in [2.45, 2.75) is 51.6 Å². The Morgan fingerprint density at radius 3 is 2.65 bits per heavy atom. The van der Waals surface area contributed by atoms with Crippen molar-refractivity contribution in [2.24, 2.45) is 0 Å². The average Bonchev–Trinajstić information content (AvgIpc) is 2.92. The van der Waals surface area contributed by atoms with Crippen LogP contribution in [0.3, 0.4) is 0 Å². The number of hydrogen-bond acceptors (Lipinski definition) is 2. The standard InChI is InChI=1S/C16H24N2O2/c1-3-16(20,4-2)11-17-15(19)18-14-9-8-12-6-5-7-13(12)10-14/h8-10,20H,3-7,11H2,1-2H3,(H2,17,18,19). The average molecular weight is 276 g/mol. The van der Waals surface area contributed by atoms with Crippen LogP contribution in [0.2, 0.25) is 0 Å². The number of rotatable bonds is 5. The molecule has 20 heavy (non-hydrogen) atoms. The Morgan fingerprint density at radius 2 is 1.95 bits per heavy atom. The lowest BCUT2D eigenvalue weighted by Gasteiger charge is -2.25. The molecule has 0 saturated heterocycles. The Balaban J connectivity index is 1.89. The van der Waals surface area contributed by atoms with E-state index in [2.05, 4.69) is 16.7 Å². The maximum Gasteiger partial charge on any atom is 0.319 e. The van der Waals surface area contributed by atoms with E-state index in [-0.39, 0.29) is 12.6 Å². The number of aryl methyl sites for hydroxylation is 2. The molecular weight excluding hydrogens is 252 g/mol. The fourth-order valence-corrected chi connectivity index (χ4v) is 2.57. The monoisotopic (exact) mass is 276 g/mol. The molecule has 1 aliphatic rings. The first kappa shape index (κ1) is 14.9. The highest BCUT2D eigenvalue weighted by molar-refractivity contribution is 5.89. The molecule has 0 saturated carbocycles. The number of amides is 2. The van der Waals surface area contributed by atoms with Crippen molar-refractivity contribution < 1.29 is 9.90 Å². The number of benzene rings is 1. The van der Waals surface area contributed by atoms with Gasteiger partial charge < -0.3 is 15.7 Å². The first-order valence-electron chi connectivity index (χ1n) is 7.45. The van der Waals surface area contributed by atoms with E-state index in [1.807, 2.05) is 26.0 Å². The Labute approximate surface area is 120 Å². The summed E-state index contributed by atoms with van der Waals surface area (Å²) in [6, 6.07) is 5.82. The summed E-state index contributed by atoms with van der Waals surface area (Å²) in [5, 5.41) is 15.7. The van der Waals surface area contributed by atoms with E-state index in [0.717, 1.165) is 18.5 Å². The Hall–Kier alpha value is -1.55. The van der Waals surface area contributed by atoms with Gasteiger partial charge in [0, 0.05) is 12.2 Å². The second-order valence-corrected chi connectivity index (χ2v) is 5.58. The van der Waals surface area contributed by atoms with Crippen molar-refractivity contribution >= 4 is 11.7 Å². The van der Waals surface area contributed by atoms with Crippen molar-refractivity contribution in [3.05, 3.63) is 29.3 Å². The molecule has 3 N–H and O–H groups in total. The molecule has 0 fully saturated rings. The van der Waals surface area contributed by atoms with Crippen LogP contribution in [0.25, 0.3) is 0 Å². The van der Waals surface area contributed by atoms with E-state index >= 15 is 0 Å². The van der Waals surface area contributed by atoms with Crippen LogP contribution in [0, 0.1) is 0 Å². The second kappa shape index (κ2) is 6.27. The van der Waals surface area contributed by atoms with Gasteiger partial charge in [-0.05, 0) is 55.4 Å². The van der Waals surface area contributed by atoms with Gasteiger partial charge in [0.25, 0.3) is 0 Å². The normalized spacial score (nSPS) is 13.9. The molecule has 0 unspecified atom stereocenters. The molecule has 1 aliphatic carbocycles. The van der Waals surface area contributed by atoms with E-state index in [1.165, 1.54) is 17.5 Å². The number of fused-ring (bicyclic) bond motifs is 1. The van der Waals surface area contributed by atoms with Crippen LogP contribution in [-0.4, -0.2) is 23.3 Å².